The smallest absolute Gasteiger partial charge is 0.100 e. The van der Waals surface area contributed by atoms with E-state index in [1.54, 1.807) is 0 Å². The Balaban J connectivity index is 0. The number of rotatable bonds is 2. The second-order valence-electron chi connectivity index (χ2n) is 1.02. The fraction of sp³-hybridized carbons (Fsp3) is 1.00. The van der Waals surface area contributed by atoms with Gasteiger partial charge in [-0.15, -0.1) is 0 Å². The molecule has 3 nitrogen and oxygen atoms in total. The molecule has 0 bridgehead atoms. The van der Waals surface area contributed by atoms with Crippen molar-refractivity contribution in [3.05, 3.63) is 0 Å². The molecule has 0 amide bonds. The molecule has 0 aliphatic carbocycles. The molecule has 3 N–H and O–H groups in total. The van der Waals surface area contributed by atoms with E-state index in [9.17, 15) is 0 Å². The molecule has 0 aliphatic rings. The molecule has 0 radical (unpaired) electrons. The maximum atomic E-state index is 8.17. The van der Waals surface area contributed by atoms with Crippen LogP contribution in [-0.4, -0.2) is 34.6 Å². The van der Waals surface area contributed by atoms with Gasteiger partial charge in [-0.2, -0.15) is 0 Å². The van der Waals surface area contributed by atoms with Crippen LogP contribution < -0.4 is 0 Å². The van der Waals surface area contributed by atoms with E-state index in [0.717, 1.165) is 0 Å². The van der Waals surface area contributed by atoms with Crippen LogP contribution in [0.25, 0.3) is 0 Å². The summed E-state index contributed by atoms with van der Waals surface area (Å²) in [4.78, 5) is 0. The monoisotopic (exact) mass is 148 g/mol. The first-order chi connectivity index (χ1) is 2.81. The normalized spacial score (nSPS) is 8.57. The van der Waals surface area contributed by atoms with Crippen LogP contribution in [0, 0.1) is 0 Å². The van der Waals surface area contributed by atoms with Crippen LogP contribution in [0.15, 0.2) is 0 Å². The summed E-state index contributed by atoms with van der Waals surface area (Å²) >= 11 is 0. The van der Waals surface area contributed by atoms with E-state index in [0.29, 0.717) is 0 Å². The van der Waals surface area contributed by atoms with E-state index in [1.165, 1.54) is 0 Å². The summed E-state index contributed by atoms with van der Waals surface area (Å²) in [6.45, 7) is -0.729. The third kappa shape index (κ3) is 6.40. The van der Waals surface area contributed by atoms with Crippen LogP contribution in [0.5, 0.6) is 0 Å². The molecule has 0 saturated heterocycles. The molecule has 0 spiro atoms. The first-order valence-electron chi connectivity index (χ1n) is 1.71. The second-order valence-corrected chi connectivity index (χ2v) is 1.02. The van der Waals surface area contributed by atoms with Gasteiger partial charge in [-0.1, -0.05) is 0 Å². The maximum Gasteiger partial charge on any atom is 0.100 e. The zero-order valence-electron chi connectivity index (χ0n) is 3.69. The summed E-state index contributed by atoms with van der Waals surface area (Å²) in [6.07, 6.45) is -0.954. The van der Waals surface area contributed by atoms with Crippen LogP contribution in [0.2, 0.25) is 0 Å². The van der Waals surface area contributed by atoms with E-state index in [4.69, 9.17) is 15.3 Å². The predicted molar refractivity (Wildman–Crippen MR) is 20.2 cm³/mol. The molecule has 0 rings (SSSR count). The van der Waals surface area contributed by atoms with Crippen molar-refractivity contribution < 1.29 is 32.4 Å². The van der Waals surface area contributed by atoms with E-state index in [-0.39, 0.29) is 30.3 Å². The molecule has 0 aromatic carbocycles. The molecule has 0 saturated carbocycles. The number of hydrogen-bond acceptors (Lipinski definition) is 3. The van der Waals surface area contributed by atoms with Crippen molar-refractivity contribution in [3.8, 4) is 0 Å². The van der Waals surface area contributed by atoms with Crippen molar-refractivity contribution in [1.29, 1.82) is 0 Å². The summed E-state index contributed by atoms with van der Waals surface area (Å²) in [5.41, 5.74) is 0. The zero-order chi connectivity index (χ0) is 4.99. The van der Waals surface area contributed by atoms with Crippen molar-refractivity contribution in [3.63, 3.8) is 0 Å². The average Bonchev–Trinajstić information content (AvgIpc) is 1.65. The molecule has 4 heteroatoms. The van der Waals surface area contributed by atoms with Crippen molar-refractivity contribution in [2.75, 3.05) is 13.2 Å². The van der Waals surface area contributed by atoms with E-state index >= 15 is 0 Å². The van der Waals surface area contributed by atoms with Crippen LogP contribution in [0.3, 0.4) is 0 Å². The third-order valence-electron chi connectivity index (χ3n) is 0.421. The van der Waals surface area contributed by atoms with Gasteiger partial charge in [0.05, 0.1) is 13.2 Å². The van der Waals surface area contributed by atoms with Crippen LogP contribution in [0.1, 0.15) is 0 Å². The molecule has 46 valence electrons. The van der Waals surface area contributed by atoms with Gasteiger partial charge in [-0.25, -0.2) is 0 Å². The molecular weight excluding hydrogens is 140 g/mol. The Hall–Kier alpha value is 0.399. The molecule has 0 aliphatic heterocycles. The van der Waals surface area contributed by atoms with Crippen LogP contribution in [0.4, 0.5) is 0 Å². The Morgan fingerprint density at radius 1 is 1.14 bits per heavy atom. The summed E-state index contributed by atoms with van der Waals surface area (Å²) in [6, 6.07) is 0. The topological polar surface area (TPSA) is 60.7 Å². The zero-order valence-corrected chi connectivity index (χ0v) is 4.79. The predicted octanol–water partition coefficient (Wildman–Crippen LogP) is -1.67. The number of hydrogen-bond donors (Lipinski definition) is 3. The Kier molecular flexibility index (Phi) is 9.50. The second kappa shape index (κ2) is 6.40. The average molecular weight is 148 g/mol. The van der Waals surface area contributed by atoms with Crippen molar-refractivity contribution in [2.24, 2.45) is 0 Å². The molecular formula is C3H8FeO3. The molecule has 0 fully saturated rings. The van der Waals surface area contributed by atoms with Gasteiger partial charge >= 0.3 is 0 Å². The first-order valence-corrected chi connectivity index (χ1v) is 1.71. The standard InChI is InChI=1S/C3H8O3.Fe/c4-1-3(6)2-5;/h3-6H,1-2H2;. The summed E-state index contributed by atoms with van der Waals surface area (Å²) < 4.78 is 0. The Bertz CT molecular complexity index is 29.4. The fourth-order valence-electron chi connectivity index (χ4n) is 0.0577. The fourth-order valence-corrected chi connectivity index (χ4v) is 0.0577. The van der Waals surface area contributed by atoms with Gasteiger partial charge in [0.1, 0.15) is 6.10 Å². The van der Waals surface area contributed by atoms with E-state index < -0.39 is 6.10 Å². The van der Waals surface area contributed by atoms with Gasteiger partial charge in [-0.3, -0.25) is 0 Å². The Morgan fingerprint density at radius 3 is 1.43 bits per heavy atom. The van der Waals surface area contributed by atoms with Gasteiger partial charge in [0.2, 0.25) is 0 Å². The van der Waals surface area contributed by atoms with Crippen LogP contribution >= 0.6 is 0 Å². The summed E-state index contributed by atoms with van der Waals surface area (Å²) in [5, 5.41) is 24.0. The van der Waals surface area contributed by atoms with Gasteiger partial charge in [-0.05, 0) is 0 Å². The Labute approximate surface area is 52.4 Å². The minimum atomic E-state index is -0.954. The van der Waals surface area contributed by atoms with Crippen LogP contribution in [-0.2, 0) is 17.1 Å². The molecule has 0 atom stereocenters. The van der Waals surface area contributed by atoms with Gasteiger partial charge in [0, 0.05) is 17.1 Å². The molecule has 0 aromatic heterocycles. The van der Waals surface area contributed by atoms with Gasteiger partial charge in [0.25, 0.3) is 0 Å². The molecule has 0 heterocycles. The minimum absolute atomic E-state index is 0. The van der Waals surface area contributed by atoms with Crippen molar-refractivity contribution in [1.82, 2.24) is 0 Å². The quantitative estimate of drug-likeness (QED) is 0.410. The van der Waals surface area contributed by atoms with E-state index in [1.807, 2.05) is 0 Å². The molecule has 7 heavy (non-hydrogen) atoms. The molecule has 0 unspecified atom stereocenters. The minimum Gasteiger partial charge on any atom is -0.394 e. The Morgan fingerprint density at radius 2 is 1.43 bits per heavy atom. The third-order valence-corrected chi connectivity index (χ3v) is 0.421. The van der Waals surface area contributed by atoms with Crippen molar-refractivity contribution >= 4 is 0 Å². The van der Waals surface area contributed by atoms with E-state index in [2.05, 4.69) is 0 Å². The van der Waals surface area contributed by atoms with Gasteiger partial charge in [0.15, 0.2) is 0 Å². The maximum absolute atomic E-state index is 8.17. The largest absolute Gasteiger partial charge is 0.394 e. The van der Waals surface area contributed by atoms with Gasteiger partial charge < -0.3 is 15.3 Å². The first kappa shape index (κ1) is 10.4. The summed E-state index contributed by atoms with van der Waals surface area (Å²) in [7, 11) is 0. The van der Waals surface area contributed by atoms with Crippen molar-refractivity contribution in [2.45, 2.75) is 6.10 Å². The number of aliphatic hydroxyl groups excluding tert-OH is 3. The molecule has 0 aromatic rings. The SMILES string of the molecule is OCC(O)CO.[Fe]. The number of aliphatic hydroxyl groups is 3. The summed E-state index contributed by atoms with van der Waals surface area (Å²) in [5.74, 6) is 0.